The topological polar surface area (TPSA) is 17.1 Å². The Morgan fingerprint density at radius 2 is 1.61 bits per heavy atom. The summed E-state index contributed by atoms with van der Waals surface area (Å²) in [6.07, 6.45) is -10.2. The number of hydrogen-bond donors (Lipinski definition) is 0. The molecule has 0 fully saturated rings. The van der Waals surface area contributed by atoms with Gasteiger partial charge in [-0.15, -0.1) is 0 Å². The minimum Gasteiger partial charge on any atom is -0.298 e. The van der Waals surface area contributed by atoms with E-state index in [1.807, 2.05) is 0 Å². The van der Waals surface area contributed by atoms with Crippen molar-refractivity contribution >= 4 is 22.2 Å². The van der Waals surface area contributed by atoms with Gasteiger partial charge in [0.2, 0.25) is 0 Å². The Morgan fingerprint density at radius 3 is 1.94 bits per heavy atom. The summed E-state index contributed by atoms with van der Waals surface area (Å²) in [7, 11) is 0. The van der Waals surface area contributed by atoms with Crippen molar-refractivity contribution in [2.45, 2.75) is 17.7 Å². The van der Waals surface area contributed by atoms with Crippen molar-refractivity contribution < 1.29 is 31.1 Å². The second-order valence-electron chi connectivity index (χ2n) is 3.30. The van der Waals surface area contributed by atoms with Crippen LogP contribution in [0.2, 0.25) is 0 Å². The first-order valence-electron chi connectivity index (χ1n) is 4.44. The third kappa shape index (κ3) is 2.85. The van der Waals surface area contributed by atoms with Crippen LogP contribution in [0.15, 0.2) is 12.1 Å². The molecule has 1 nitrogen and oxygen atoms in total. The number of rotatable bonds is 2. The lowest BCUT2D eigenvalue weighted by Crippen LogP contribution is -2.19. The molecular weight excluding hydrogens is 330 g/mol. The molecule has 0 heterocycles. The Hall–Kier alpha value is -1.05. The fourth-order valence-electron chi connectivity index (χ4n) is 1.48. The van der Waals surface area contributed by atoms with Crippen LogP contribution in [0.25, 0.3) is 0 Å². The molecule has 0 saturated carbocycles. The molecule has 0 N–H and O–H groups in total. The van der Waals surface area contributed by atoms with Gasteiger partial charge in [-0.1, -0.05) is 22.0 Å². The average molecular weight is 335 g/mol. The third-order valence-corrected chi connectivity index (χ3v) is 2.76. The maximum absolute atomic E-state index is 12.7. The zero-order chi connectivity index (χ0) is 14.1. The molecule has 1 aromatic rings. The van der Waals surface area contributed by atoms with Crippen LogP contribution in [0.4, 0.5) is 26.3 Å². The molecule has 18 heavy (non-hydrogen) atoms. The summed E-state index contributed by atoms with van der Waals surface area (Å²) < 4.78 is 75.7. The molecule has 0 atom stereocenters. The Balaban J connectivity index is 3.71. The fourth-order valence-corrected chi connectivity index (χ4v) is 2.08. The van der Waals surface area contributed by atoms with Gasteiger partial charge in [0.05, 0.1) is 11.1 Å². The standard InChI is InChI=1S/C10H5BrF6O/c11-3-6-5(4-18)1-2-7(9(12,13)14)8(6)10(15,16)17/h1-2,4H,3H2. The number of aldehydes is 1. The van der Waals surface area contributed by atoms with Gasteiger partial charge in [-0.25, -0.2) is 0 Å². The first-order valence-corrected chi connectivity index (χ1v) is 5.56. The Kier molecular flexibility index (Phi) is 4.09. The minimum atomic E-state index is -5.19. The Morgan fingerprint density at radius 1 is 1.06 bits per heavy atom. The summed E-state index contributed by atoms with van der Waals surface area (Å²) in [6.45, 7) is 0. The molecule has 0 aliphatic carbocycles. The second kappa shape index (κ2) is 4.91. The van der Waals surface area contributed by atoms with Gasteiger partial charge in [0.1, 0.15) is 6.29 Å². The molecule has 1 rings (SSSR count). The van der Waals surface area contributed by atoms with E-state index in [-0.39, 0.29) is 12.4 Å². The second-order valence-corrected chi connectivity index (χ2v) is 3.86. The lowest BCUT2D eigenvalue weighted by atomic mass is 9.96. The van der Waals surface area contributed by atoms with Gasteiger partial charge in [0, 0.05) is 10.9 Å². The smallest absolute Gasteiger partial charge is 0.298 e. The van der Waals surface area contributed by atoms with Crippen molar-refractivity contribution in [1.29, 1.82) is 0 Å². The van der Waals surface area contributed by atoms with E-state index in [4.69, 9.17) is 0 Å². The van der Waals surface area contributed by atoms with Crippen molar-refractivity contribution in [3.8, 4) is 0 Å². The third-order valence-electron chi connectivity index (χ3n) is 2.20. The van der Waals surface area contributed by atoms with E-state index in [0.717, 1.165) is 6.07 Å². The van der Waals surface area contributed by atoms with E-state index in [9.17, 15) is 31.1 Å². The molecule has 0 spiro atoms. The van der Waals surface area contributed by atoms with Crippen LogP contribution in [-0.4, -0.2) is 6.29 Å². The molecule has 0 aliphatic rings. The summed E-state index contributed by atoms with van der Waals surface area (Å²) in [5.74, 6) is 0. The van der Waals surface area contributed by atoms with Gasteiger partial charge in [-0.2, -0.15) is 26.3 Å². The van der Waals surface area contributed by atoms with Crippen LogP contribution in [0, 0.1) is 0 Å². The zero-order valence-corrected chi connectivity index (χ0v) is 10.1. The van der Waals surface area contributed by atoms with E-state index < -0.39 is 39.9 Å². The van der Waals surface area contributed by atoms with Crippen LogP contribution < -0.4 is 0 Å². The lowest BCUT2D eigenvalue weighted by Gasteiger charge is -2.19. The quantitative estimate of drug-likeness (QED) is 0.444. The summed E-state index contributed by atoms with van der Waals surface area (Å²) in [4.78, 5) is 10.6. The van der Waals surface area contributed by atoms with Gasteiger partial charge in [0.25, 0.3) is 0 Å². The number of halogens is 7. The molecule has 100 valence electrons. The highest BCUT2D eigenvalue weighted by atomic mass is 79.9. The maximum atomic E-state index is 12.7. The first kappa shape index (κ1) is 15.0. The maximum Gasteiger partial charge on any atom is 0.417 e. The van der Waals surface area contributed by atoms with Crippen LogP contribution in [-0.2, 0) is 17.7 Å². The fraction of sp³-hybridized carbons (Fsp3) is 0.300. The van der Waals surface area contributed by atoms with Gasteiger partial charge in [-0.3, -0.25) is 4.79 Å². The van der Waals surface area contributed by atoms with E-state index in [1.54, 1.807) is 0 Å². The molecule has 0 radical (unpaired) electrons. The van der Waals surface area contributed by atoms with Crippen molar-refractivity contribution in [1.82, 2.24) is 0 Å². The normalized spacial score (nSPS) is 12.6. The first-order chi connectivity index (χ1) is 8.12. The number of carbonyl (C=O) groups is 1. The zero-order valence-electron chi connectivity index (χ0n) is 8.49. The SMILES string of the molecule is O=Cc1ccc(C(F)(F)F)c(C(F)(F)F)c1CBr. The molecule has 0 saturated heterocycles. The summed E-state index contributed by atoms with van der Waals surface area (Å²) in [5.41, 5.74) is -4.76. The highest BCUT2D eigenvalue weighted by Gasteiger charge is 2.45. The van der Waals surface area contributed by atoms with Crippen molar-refractivity contribution in [2.75, 3.05) is 0 Å². The molecule has 0 unspecified atom stereocenters. The highest BCUT2D eigenvalue weighted by molar-refractivity contribution is 9.08. The predicted molar refractivity (Wildman–Crippen MR) is 54.5 cm³/mol. The van der Waals surface area contributed by atoms with Crippen LogP contribution >= 0.6 is 15.9 Å². The molecule has 1 aromatic carbocycles. The number of alkyl halides is 7. The molecule has 8 heteroatoms. The van der Waals surface area contributed by atoms with Crippen LogP contribution in [0.1, 0.15) is 27.0 Å². The molecule has 0 bridgehead atoms. The number of hydrogen-bond acceptors (Lipinski definition) is 1. The summed E-state index contributed by atoms with van der Waals surface area (Å²) >= 11 is 2.67. The van der Waals surface area contributed by atoms with Crippen molar-refractivity contribution in [3.05, 3.63) is 34.4 Å². The van der Waals surface area contributed by atoms with Crippen LogP contribution in [0.3, 0.4) is 0 Å². The molecule has 0 aromatic heterocycles. The number of carbonyl (C=O) groups excluding carboxylic acids is 1. The average Bonchev–Trinajstić information content (AvgIpc) is 2.24. The highest BCUT2D eigenvalue weighted by Crippen LogP contribution is 2.43. The van der Waals surface area contributed by atoms with Gasteiger partial charge < -0.3 is 0 Å². The van der Waals surface area contributed by atoms with Gasteiger partial charge in [0.15, 0.2) is 0 Å². The van der Waals surface area contributed by atoms with E-state index in [0.29, 0.717) is 0 Å². The number of benzene rings is 1. The van der Waals surface area contributed by atoms with Crippen molar-refractivity contribution in [3.63, 3.8) is 0 Å². The lowest BCUT2D eigenvalue weighted by molar-refractivity contribution is -0.162. The summed E-state index contributed by atoms with van der Waals surface area (Å²) in [5, 5.41) is -0.500. The molecule has 0 amide bonds. The van der Waals surface area contributed by atoms with Gasteiger partial charge >= 0.3 is 12.4 Å². The van der Waals surface area contributed by atoms with Crippen LogP contribution in [0.5, 0.6) is 0 Å². The minimum absolute atomic E-state index is 0.0893. The largest absolute Gasteiger partial charge is 0.417 e. The molecular formula is C10H5BrF6O. The van der Waals surface area contributed by atoms with E-state index in [2.05, 4.69) is 15.9 Å². The predicted octanol–water partition coefficient (Wildman–Crippen LogP) is 4.43. The van der Waals surface area contributed by atoms with E-state index >= 15 is 0 Å². The Bertz CT molecular complexity index is 463. The summed E-state index contributed by atoms with van der Waals surface area (Å²) in [6, 6.07) is 0.986. The van der Waals surface area contributed by atoms with Gasteiger partial charge in [-0.05, 0) is 11.6 Å². The monoisotopic (exact) mass is 334 g/mol. The van der Waals surface area contributed by atoms with Crippen molar-refractivity contribution in [2.24, 2.45) is 0 Å². The molecule has 0 aliphatic heterocycles. The van der Waals surface area contributed by atoms with E-state index in [1.165, 1.54) is 0 Å². The Labute approximate surface area is 106 Å².